The molecule has 9 heteroatoms. The van der Waals surface area contributed by atoms with Crippen LogP contribution in [-0.4, -0.2) is 30.6 Å². The molecule has 2 aromatic carbocycles. The van der Waals surface area contributed by atoms with Gasteiger partial charge in [-0.3, -0.25) is 4.79 Å². The Balaban J connectivity index is 1.73. The molecule has 0 aliphatic rings. The first kappa shape index (κ1) is 17.2. The van der Waals surface area contributed by atoms with Crippen molar-refractivity contribution in [3.05, 3.63) is 72.8 Å². The highest BCUT2D eigenvalue weighted by Gasteiger charge is 2.21. The highest BCUT2D eigenvalue weighted by molar-refractivity contribution is 6.01. The van der Waals surface area contributed by atoms with Crippen molar-refractivity contribution >= 4 is 11.9 Å². The summed E-state index contributed by atoms with van der Waals surface area (Å²) >= 11 is 0. The first-order chi connectivity index (χ1) is 13.6. The average Bonchev–Trinajstić information content (AvgIpc) is 3.23. The van der Waals surface area contributed by atoms with Crippen LogP contribution < -0.4 is 16.2 Å². The van der Waals surface area contributed by atoms with Gasteiger partial charge in [0, 0.05) is 5.56 Å². The SMILES string of the molecule is NC(=O)c1c(Oc2ccc(-n3cncn3)cc2)nc(N)nc1-c1ccccc1. The minimum atomic E-state index is -0.715. The molecule has 28 heavy (non-hydrogen) atoms. The topological polar surface area (TPSA) is 135 Å². The molecule has 4 rings (SSSR count). The van der Waals surface area contributed by atoms with Crippen LogP contribution in [0.3, 0.4) is 0 Å². The summed E-state index contributed by atoms with van der Waals surface area (Å²) in [4.78, 5) is 24.3. The molecule has 0 aliphatic heterocycles. The lowest BCUT2D eigenvalue weighted by Gasteiger charge is -2.13. The summed E-state index contributed by atoms with van der Waals surface area (Å²) in [5.74, 6) is -0.304. The maximum Gasteiger partial charge on any atom is 0.256 e. The lowest BCUT2D eigenvalue weighted by molar-refractivity contribution is 0.0998. The van der Waals surface area contributed by atoms with Crippen molar-refractivity contribution < 1.29 is 9.53 Å². The van der Waals surface area contributed by atoms with Crippen LogP contribution in [0.2, 0.25) is 0 Å². The predicted molar refractivity (Wildman–Crippen MR) is 102 cm³/mol. The number of benzene rings is 2. The summed E-state index contributed by atoms with van der Waals surface area (Å²) in [5.41, 5.74) is 13.3. The molecule has 0 spiro atoms. The number of nitrogens with two attached hydrogens (primary N) is 2. The minimum absolute atomic E-state index is 0.00708. The van der Waals surface area contributed by atoms with E-state index in [1.54, 1.807) is 47.4 Å². The number of hydrogen-bond donors (Lipinski definition) is 2. The fourth-order valence-corrected chi connectivity index (χ4v) is 2.68. The van der Waals surface area contributed by atoms with Gasteiger partial charge in [-0.05, 0) is 24.3 Å². The van der Waals surface area contributed by atoms with Crippen LogP contribution >= 0.6 is 0 Å². The Morgan fingerprint density at radius 2 is 1.75 bits per heavy atom. The van der Waals surface area contributed by atoms with Gasteiger partial charge in [0.1, 0.15) is 24.0 Å². The van der Waals surface area contributed by atoms with Crippen LogP contribution in [0.25, 0.3) is 16.9 Å². The number of rotatable bonds is 5. The molecule has 0 saturated heterocycles. The summed E-state index contributed by atoms with van der Waals surface area (Å²) in [6, 6.07) is 16.1. The largest absolute Gasteiger partial charge is 0.438 e. The van der Waals surface area contributed by atoms with Crippen molar-refractivity contribution in [2.24, 2.45) is 5.73 Å². The minimum Gasteiger partial charge on any atom is -0.438 e. The Labute approximate surface area is 159 Å². The van der Waals surface area contributed by atoms with Gasteiger partial charge in [-0.15, -0.1) is 0 Å². The third-order valence-corrected chi connectivity index (χ3v) is 3.92. The second kappa shape index (κ2) is 7.16. The van der Waals surface area contributed by atoms with Crippen LogP contribution in [0.5, 0.6) is 11.6 Å². The highest BCUT2D eigenvalue weighted by Crippen LogP contribution is 2.31. The maximum atomic E-state index is 12.1. The lowest BCUT2D eigenvalue weighted by Crippen LogP contribution is -2.17. The maximum absolute atomic E-state index is 12.1. The first-order valence-corrected chi connectivity index (χ1v) is 8.27. The third-order valence-electron chi connectivity index (χ3n) is 3.92. The smallest absolute Gasteiger partial charge is 0.256 e. The van der Waals surface area contributed by atoms with Crippen molar-refractivity contribution in [2.45, 2.75) is 0 Å². The van der Waals surface area contributed by atoms with Crippen LogP contribution in [0.1, 0.15) is 10.4 Å². The number of primary amides is 1. The van der Waals surface area contributed by atoms with Crippen molar-refractivity contribution in [1.82, 2.24) is 24.7 Å². The molecule has 0 fully saturated rings. The number of hydrogen-bond acceptors (Lipinski definition) is 7. The summed E-state index contributed by atoms with van der Waals surface area (Å²) in [6.07, 6.45) is 3.02. The number of anilines is 1. The molecule has 0 aliphatic carbocycles. The second-order valence-electron chi connectivity index (χ2n) is 5.78. The number of ether oxygens (including phenoxy) is 1. The molecule has 1 amide bonds. The zero-order valence-electron chi connectivity index (χ0n) is 14.6. The fraction of sp³-hybridized carbons (Fsp3) is 0. The number of nitrogens with zero attached hydrogens (tertiary/aromatic N) is 5. The van der Waals surface area contributed by atoms with Crippen molar-refractivity contribution in [2.75, 3.05) is 5.73 Å². The molecule has 0 atom stereocenters. The van der Waals surface area contributed by atoms with Gasteiger partial charge in [0.25, 0.3) is 5.91 Å². The lowest BCUT2D eigenvalue weighted by atomic mass is 10.1. The molecule has 0 bridgehead atoms. The number of amides is 1. The predicted octanol–water partition coefficient (Wildman–Crippen LogP) is 2.20. The molecule has 138 valence electrons. The summed E-state index contributed by atoms with van der Waals surface area (Å²) < 4.78 is 7.41. The van der Waals surface area contributed by atoms with E-state index in [9.17, 15) is 4.79 Å². The summed E-state index contributed by atoms with van der Waals surface area (Å²) in [5, 5.41) is 4.06. The van der Waals surface area contributed by atoms with E-state index >= 15 is 0 Å². The van der Waals surface area contributed by atoms with E-state index < -0.39 is 5.91 Å². The molecule has 9 nitrogen and oxygen atoms in total. The number of carbonyl (C=O) groups is 1. The zero-order chi connectivity index (χ0) is 19.5. The van der Waals surface area contributed by atoms with Crippen molar-refractivity contribution in [3.63, 3.8) is 0 Å². The van der Waals surface area contributed by atoms with E-state index in [-0.39, 0.29) is 17.4 Å². The number of carbonyl (C=O) groups excluding carboxylic acids is 1. The molecule has 2 aromatic heterocycles. The molecular formula is C19H15N7O2. The van der Waals surface area contributed by atoms with Crippen LogP contribution in [0, 0.1) is 0 Å². The van der Waals surface area contributed by atoms with Gasteiger partial charge in [-0.25, -0.2) is 14.6 Å². The number of aromatic nitrogens is 5. The molecule has 0 radical (unpaired) electrons. The molecule has 4 aromatic rings. The highest BCUT2D eigenvalue weighted by atomic mass is 16.5. The van der Waals surface area contributed by atoms with Crippen LogP contribution in [-0.2, 0) is 0 Å². The summed E-state index contributed by atoms with van der Waals surface area (Å²) in [7, 11) is 0. The van der Waals surface area contributed by atoms with Gasteiger partial charge < -0.3 is 16.2 Å². The van der Waals surface area contributed by atoms with E-state index in [0.717, 1.165) is 5.69 Å². The Bertz CT molecular complexity index is 1110. The van der Waals surface area contributed by atoms with E-state index in [1.165, 1.54) is 6.33 Å². The van der Waals surface area contributed by atoms with E-state index in [2.05, 4.69) is 20.1 Å². The third kappa shape index (κ3) is 3.36. The number of nitrogen functional groups attached to an aromatic ring is 1. The van der Waals surface area contributed by atoms with Gasteiger partial charge in [0.2, 0.25) is 11.8 Å². The van der Waals surface area contributed by atoms with Gasteiger partial charge in [0.15, 0.2) is 0 Å². The van der Waals surface area contributed by atoms with Gasteiger partial charge in [0.05, 0.1) is 11.4 Å². The molecule has 0 saturated carbocycles. The standard InChI is InChI=1S/C19H15N7O2/c20-17(27)15-16(12-4-2-1-3-5-12)24-19(21)25-18(15)28-14-8-6-13(7-9-14)26-11-22-10-23-26/h1-11H,(H2,20,27)(H2,21,24,25). The molecule has 2 heterocycles. The Kier molecular flexibility index (Phi) is 4.38. The van der Waals surface area contributed by atoms with Crippen LogP contribution in [0.15, 0.2) is 67.3 Å². The second-order valence-corrected chi connectivity index (χ2v) is 5.78. The Hall–Kier alpha value is -4.27. The molecular weight excluding hydrogens is 358 g/mol. The average molecular weight is 373 g/mol. The first-order valence-electron chi connectivity index (χ1n) is 8.27. The Morgan fingerprint density at radius 1 is 1.00 bits per heavy atom. The van der Waals surface area contributed by atoms with E-state index in [1.807, 2.05) is 18.2 Å². The quantitative estimate of drug-likeness (QED) is 0.547. The van der Waals surface area contributed by atoms with E-state index in [0.29, 0.717) is 17.0 Å². The Morgan fingerprint density at radius 3 is 2.39 bits per heavy atom. The van der Waals surface area contributed by atoms with Gasteiger partial charge in [-0.2, -0.15) is 10.1 Å². The van der Waals surface area contributed by atoms with Gasteiger partial charge >= 0.3 is 0 Å². The summed E-state index contributed by atoms with van der Waals surface area (Å²) in [6.45, 7) is 0. The zero-order valence-corrected chi connectivity index (χ0v) is 14.6. The molecule has 4 N–H and O–H groups in total. The monoisotopic (exact) mass is 373 g/mol. The van der Waals surface area contributed by atoms with Gasteiger partial charge in [-0.1, -0.05) is 30.3 Å². The van der Waals surface area contributed by atoms with Crippen LogP contribution in [0.4, 0.5) is 5.95 Å². The van der Waals surface area contributed by atoms with Crippen molar-refractivity contribution in [1.29, 1.82) is 0 Å². The molecule has 0 unspecified atom stereocenters. The fourth-order valence-electron chi connectivity index (χ4n) is 2.68. The van der Waals surface area contributed by atoms with Crippen molar-refractivity contribution in [3.8, 4) is 28.6 Å². The van der Waals surface area contributed by atoms with E-state index in [4.69, 9.17) is 16.2 Å². The normalized spacial score (nSPS) is 10.6.